The van der Waals surface area contributed by atoms with Crippen LogP contribution in [0.25, 0.3) is 11.0 Å². The number of halogens is 1. The monoisotopic (exact) mass is 264 g/mol. The van der Waals surface area contributed by atoms with Gasteiger partial charge in [-0.25, -0.2) is 4.98 Å². The summed E-state index contributed by atoms with van der Waals surface area (Å²) in [7, 11) is 0. The molecule has 0 saturated carbocycles. The summed E-state index contributed by atoms with van der Waals surface area (Å²) in [6.07, 6.45) is 0. The van der Waals surface area contributed by atoms with Crippen molar-refractivity contribution in [3.8, 4) is 0 Å². The van der Waals surface area contributed by atoms with E-state index >= 15 is 0 Å². The molecule has 0 aliphatic rings. The fourth-order valence-corrected chi connectivity index (χ4v) is 2.29. The number of aromatic amines is 1. The third kappa shape index (κ3) is 2.15. The minimum absolute atomic E-state index is 0.0169. The Hall–Kier alpha value is -1.35. The van der Waals surface area contributed by atoms with Gasteiger partial charge in [-0.05, 0) is 32.0 Å². The highest BCUT2D eigenvalue weighted by molar-refractivity contribution is 6.31. The van der Waals surface area contributed by atoms with Crippen molar-refractivity contribution in [3.05, 3.63) is 29.0 Å². The van der Waals surface area contributed by atoms with Gasteiger partial charge in [0.15, 0.2) is 0 Å². The predicted octanol–water partition coefficient (Wildman–Crippen LogP) is 3.72. The number of carbonyl (C=O) groups excluding carboxylic acids is 1. The highest BCUT2D eigenvalue weighted by Crippen LogP contribution is 2.28. The van der Waals surface area contributed by atoms with Crippen LogP contribution in [-0.2, 0) is 10.2 Å². The van der Waals surface area contributed by atoms with Gasteiger partial charge >= 0.3 is 0 Å². The van der Waals surface area contributed by atoms with Crippen LogP contribution in [0.1, 0.15) is 33.5 Å². The van der Waals surface area contributed by atoms with Gasteiger partial charge in [0.1, 0.15) is 11.6 Å². The number of nitrogens with one attached hydrogen (secondary N) is 1. The van der Waals surface area contributed by atoms with E-state index in [9.17, 15) is 4.79 Å². The predicted molar refractivity (Wildman–Crippen MR) is 74.0 cm³/mol. The zero-order valence-electron chi connectivity index (χ0n) is 11.0. The molecule has 0 bridgehead atoms. The summed E-state index contributed by atoms with van der Waals surface area (Å²) < 4.78 is 0. The van der Waals surface area contributed by atoms with Crippen molar-refractivity contribution in [2.75, 3.05) is 0 Å². The van der Waals surface area contributed by atoms with Gasteiger partial charge in [-0.2, -0.15) is 0 Å². The van der Waals surface area contributed by atoms with E-state index in [1.807, 2.05) is 39.8 Å². The van der Waals surface area contributed by atoms with E-state index in [-0.39, 0.29) is 11.7 Å². The average Bonchev–Trinajstić information content (AvgIpc) is 2.71. The Balaban J connectivity index is 2.51. The molecule has 0 atom stereocenters. The molecule has 96 valence electrons. The van der Waals surface area contributed by atoms with Crippen LogP contribution in [0, 0.1) is 5.92 Å². The van der Waals surface area contributed by atoms with Gasteiger partial charge in [0, 0.05) is 10.9 Å². The van der Waals surface area contributed by atoms with E-state index in [0.717, 1.165) is 11.0 Å². The Kier molecular flexibility index (Phi) is 3.20. The molecule has 3 nitrogen and oxygen atoms in total. The van der Waals surface area contributed by atoms with Crippen molar-refractivity contribution in [2.24, 2.45) is 5.92 Å². The van der Waals surface area contributed by atoms with Gasteiger partial charge in [0.2, 0.25) is 0 Å². The van der Waals surface area contributed by atoms with Crippen LogP contribution in [0.3, 0.4) is 0 Å². The van der Waals surface area contributed by atoms with Gasteiger partial charge in [-0.1, -0.05) is 25.4 Å². The molecule has 0 amide bonds. The SMILES string of the molecule is CC(C)C(=O)C(C)(C)c1nc2ccc(Cl)cc2[nH]1. The number of imidazole rings is 1. The number of benzene rings is 1. The Labute approximate surface area is 112 Å². The molecule has 2 rings (SSSR count). The fourth-order valence-electron chi connectivity index (χ4n) is 2.12. The lowest BCUT2D eigenvalue weighted by Gasteiger charge is -2.22. The first-order chi connectivity index (χ1) is 8.32. The molecule has 1 N–H and O–H groups in total. The second kappa shape index (κ2) is 4.39. The second-order valence-electron chi connectivity index (χ2n) is 5.39. The average molecular weight is 265 g/mol. The number of hydrogen-bond acceptors (Lipinski definition) is 2. The van der Waals surface area contributed by atoms with Crippen molar-refractivity contribution in [1.82, 2.24) is 9.97 Å². The number of aromatic nitrogens is 2. The lowest BCUT2D eigenvalue weighted by molar-refractivity contribution is -0.126. The minimum Gasteiger partial charge on any atom is -0.341 e. The Morgan fingerprint density at radius 3 is 2.67 bits per heavy atom. The first-order valence-corrected chi connectivity index (χ1v) is 6.40. The lowest BCUT2D eigenvalue weighted by atomic mass is 9.82. The summed E-state index contributed by atoms with van der Waals surface area (Å²) in [5.41, 5.74) is 1.08. The first-order valence-electron chi connectivity index (χ1n) is 6.02. The number of rotatable bonds is 3. The van der Waals surface area contributed by atoms with Gasteiger partial charge in [-0.3, -0.25) is 4.79 Å². The number of nitrogens with zero attached hydrogens (tertiary/aromatic N) is 1. The van der Waals surface area contributed by atoms with Gasteiger partial charge < -0.3 is 4.98 Å². The molecule has 18 heavy (non-hydrogen) atoms. The lowest BCUT2D eigenvalue weighted by Crippen LogP contribution is -2.33. The van der Waals surface area contributed by atoms with Crippen LogP contribution in [0.4, 0.5) is 0 Å². The molecule has 0 fully saturated rings. The molecule has 2 aromatic rings. The molecule has 0 saturated heterocycles. The van der Waals surface area contributed by atoms with E-state index in [1.165, 1.54) is 0 Å². The van der Waals surface area contributed by atoms with Gasteiger partial charge in [-0.15, -0.1) is 0 Å². The molecular formula is C14H17ClN2O. The molecule has 0 radical (unpaired) electrons. The normalized spacial score (nSPS) is 12.3. The smallest absolute Gasteiger partial charge is 0.148 e. The molecule has 0 aliphatic carbocycles. The van der Waals surface area contributed by atoms with Crippen LogP contribution in [0.15, 0.2) is 18.2 Å². The third-order valence-electron chi connectivity index (χ3n) is 3.18. The summed E-state index contributed by atoms with van der Waals surface area (Å²) in [6, 6.07) is 5.47. The molecule has 1 heterocycles. The maximum absolute atomic E-state index is 12.2. The molecule has 0 aliphatic heterocycles. The van der Waals surface area contributed by atoms with E-state index in [1.54, 1.807) is 6.07 Å². The number of Topliss-reactive ketones (excluding diaryl/α,β-unsaturated/α-hetero) is 1. The summed E-state index contributed by atoms with van der Waals surface area (Å²) in [5, 5.41) is 0.658. The van der Waals surface area contributed by atoms with Crippen molar-refractivity contribution >= 4 is 28.4 Å². The fraction of sp³-hybridized carbons (Fsp3) is 0.429. The molecule has 1 aromatic heterocycles. The van der Waals surface area contributed by atoms with E-state index in [2.05, 4.69) is 9.97 Å². The summed E-state index contributed by atoms with van der Waals surface area (Å²) in [4.78, 5) is 19.9. The number of ketones is 1. The second-order valence-corrected chi connectivity index (χ2v) is 5.83. The molecule has 4 heteroatoms. The van der Waals surface area contributed by atoms with Gasteiger partial charge in [0.25, 0.3) is 0 Å². The van der Waals surface area contributed by atoms with Crippen LogP contribution in [0.5, 0.6) is 0 Å². The number of H-pyrrole nitrogens is 1. The standard InChI is InChI=1S/C14H17ClN2O/c1-8(2)12(18)14(3,4)13-16-10-6-5-9(15)7-11(10)17-13/h5-8H,1-4H3,(H,16,17). The van der Waals surface area contributed by atoms with Gasteiger partial charge in [0.05, 0.1) is 16.4 Å². The van der Waals surface area contributed by atoms with Crippen molar-refractivity contribution in [3.63, 3.8) is 0 Å². The van der Waals surface area contributed by atoms with Crippen molar-refractivity contribution in [1.29, 1.82) is 0 Å². The quantitative estimate of drug-likeness (QED) is 0.918. The Bertz CT molecular complexity index is 599. The maximum Gasteiger partial charge on any atom is 0.148 e. The highest BCUT2D eigenvalue weighted by Gasteiger charge is 2.34. The van der Waals surface area contributed by atoms with Crippen LogP contribution in [-0.4, -0.2) is 15.8 Å². The van der Waals surface area contributed by atoms with Crippen molar-refractivity contribution < 1.29 is 4.79 Å². The number of hydrogen-bond donors (Lipinski definition) is 1. The van der Waals surface area contributed by atoms with E-state index in [4.69, 9.17) is 11.6 Å². The summed E-state index contributed by atoms with van der Waals surface area (Å²) in [6.45, 7) is 7.61. The molecule has 1 aromatic carbocycles. The Morgan fingerprint density at radius 1 is 1.39 bits per heavy atom. The summed E-state index contributed by atoms with van der Waals surface area (Å²) >= 11 is 5.94. The number of carbonyl (C=O) groups is 1. The summed E-state index contributed by atoms with van der Waals surface area (Å²) in [5.74, 6) is 0.850. The Morgan fingerprint density at radius 2 is 2.06 bits per heavy atom. The molecular weight excluding hydrogens is 248 g/mol. The van der Waals surface area contributed by atoms with E-state index < -0.39 is 5.41 Å². The zero-order chi connectivity index (χ0) is 13.5. The van der Waals surface area contributed by atoms with E-state index in [0.29, 0.717) is 10.8 Å². The largest absolute Gasteiger partial charge is 0.341 e. The van der Waals surface area contributed by atoms with Crippen LogP contribution < -0.4 is 0 Å². The number of fused-ring (bicyclic) bond motifs is 1. The molecule has 0 unspecified atom stereocenters. The molecule has 0 spiro atoms. The third-order valence-corrected chi connectivity index (χ3v) is 3.41. The zero-order valence-corrected chi connectivity index (χ0v) is 11.8. The first kappa shape index (κ1) is 13.1. The van der Waals surface area contributed by atoms with Crippen molar-refractivity contribution in [2.45, 2.75) is 33.1 Å². The topological polar surface area (TPSA) is 45.8 Å². The minimum atomic E-state index is -0.611. The van der Waals surface area contributed by atoms with Crippen LogP contribution >= 0.6 is 11.6 Å². The van der Waals surface area contributed by atoms with Crippen LogP contribution in [0.2, 0.25) is 5.02 Å². The maximum atomic E-state index is 12.2. The highest BCUT2D eigenvalue weighted by atomic mass is 35.5.